The number of carbonyl (C=O) groups is 1. The number of rotatable bonds is 6. The number of hydrogen-bond donors (Lipinski definition) is 1. The molecule has 0 bridgehead atoms. The van der Waals surface area contributed by atoms with E-state index in [1.807, 2.05) is 16.7 Å². The summed E-state index contributed by atoms with van der Waals surface area (Å²) < 4.78 is 26.9. The van der Waals surface area contributed by atoms with Crippen molar-refractivity contribution in [2.75, 3.05) is 13.7 Å². The van der Waals surface area contributed by atoms with Crippen LogP contribution >= 0.6 is 0 Å². The normalized spacial score (nSPS) is 12.1. The highest BCUT2D eigenvalue weighted by atomic mass is 19.1. The van der Waals surface area contributed by atoms with Gasteiger partial charge in [0.1, 0.15) is 12.4 Å². The van der Waals surface area contributed by atoms with Crippen LogP contribution in [0, 0.1) is 5.82 Å². The molecule has 0 amide bonds. The summed E-state index contributed by atoms with van der Waals surface area (Å²) in [5, 5.41) is 9.78. The van der Waals surface area contributed by atoms with Gasteiger partial charge in [0.25, 0.3) is 0 Å². The van der Waals surface area contributed by atoms with E-state index < -0.39 is 11.8 Å². The van der Waals surface area contributed by atoms with Crippen molar-refractivity contribution in [3.8, 4) is 34.0 Å². The van der Waals surface area contributed by atoms with Gasteiger partial charge in [-0.1, -0.05) is 24.8 Å². The summed E-state index contributed by atoms with van der Waals surface area (Å²) in [6, 6.07) is 11.4. The molecular formula is C23H20FNO4. The lowest BCUT2D eigenvalue weighted by molar-refractivity contribution is 0.0697. The van der Waals surface area contributed by atoms with Crippen LogP contribution in [0.15, 0.2) is 55.1 Å². The molecule has 1 aliphatic rings. The quantitative estimate of drug-likeness (QED) is 0.612. The lowest BCUT2D eigenvalue weighted by Gasteiger charge is -2.23. The number of halogens is 1. The Morgan fingerprint density at radius 2 is 2.10 bits per heavy atom. The zero-order valence-corrected chi connectivity index (χ0v) is 15.9. The second-order valence-electron chi connectivity index (χ2n) is 6.77. The van der Waals surface area contributed by atoms with E-state index in [-0.39, 0.29) is 5.56 Å². The first-order valence-corrected chi connectivity index (χ1v) is 9.21. The number of fused-ring (bicyclic) bond motifs is 3. The fourth-order valence-corrected chi connectivity index (χ4v) is 3.81. The number of aromatic nitrogens is 1. The molecule has 0 aliphatic carbocycles. The van der Waals surface area contributed by atoms with Gasteiger partial charge in [-0.25, -0.2) is 9.18 Å². The molecule has 0 fully saturated rings. The Labute approximate surface area is 167 Å². The maximum atomic E-state index is 13.8. The number of carboxylic acid groups (broad SMARTS) is 1. The minimum Gasteiger partial charge on any atom is -0.493 e. The van der Waals surface area contributed by atoms with Gasteiger partial charge in [-0.05, 0) is 42.3 Å². The summed E-state index contributed by atoms with van der Waals surface area (Å²) in [6.07, 6.45) is 2.34. The molecule has 0 atom stereocenters. The van der Waals surface area contributed by atoms with Crippen molar-refractivity contribution >= 4 is 5.97 Å². The van der Waals surface area contributed by atoms with Crippen LogP contribution in [-0.4, -0.2) is 29.4 Å². The Hall–Kier alpha value is -3.54. The van der Waals surface area contributed by atoms with E-state index in [0.717, 1.165) is 16.8 Å². The molecule has 6 heteroatoms. The van der Waals surface area contributed by atoms with E-state index >= 15 is 0 Å². The van der Waals surface area contributed by atoms with E-state index in [1.165, 1.54) is 12.1 Å². The zero-order chi connectivity index (χ0) is 20.5. The van der Waals surface area contributed by atoms with Gasteiger partial charge in [0.15, 0.2) is 11.5 Å². The first kappa shape index (κ1) is 18.8. The van der Waals surface area contributed by atoms with Crippen LogP contribution in [0.25, 0.3) is 22.5 Å². The van der Waals surface area contributed by atoms with Crippen molar-refractivity contribution in [2.45, 2.75) is 13.0 Å². The van der Waals surface area contributed by atoms with Gasteiger partial charge in [0.05, 0.1) is 18.4 Å². The third-order valence-corrected chi connectivity index (χ3v) is 5.05. The minimum absolute atomic E-state index is 0.142. The second-order valence-corrected chi connectivity index (χ2v) is 6.77. The van der Waals surface area contributed by atoms with Gasteiger partial charge in [0.2, 0.25) is 0 Å². The average molecular weight is 393 g/mol. The number of methoxy groups -OCH3 is 1. The highest BCUT2D eigenvalue weighted by Crippen LogP contribution is 2.42. The SMILES string of the molecule is C=CCOc1cc2c(cc1OC)CCn1c-2cc(C(=O)O)c1-c1cccc(F)c1. The fourth-order valence-electron chi connectivity index (χ4n) is 3.81. The van der Waals surface area contributed by atoms with Crippen molar-refractivity contribution < 1.29 is 23.8 Å². The molecule has 0 saturated heterocycles. The summed E-state index contributed by atoms with van der Waals surface area (Å²) in [5.41, 5.74) is 3.86. The van der Waals surface area contributed by atoms with E-state index in [0.29, 0.717) is 42.3 Å². The number of aryl methyl sites for hydroxylation is 1. The summed E-state index contributed by atoms with van der Waals surface area (Å²) in [7, 11) is 1.58. The number of ether oxygens (including phenoxy) is 2. The molecule has 2 heterocycles. The predicted molar refractivity (Wildman–Crippen MR) is 108 cm³/mol. The monoisotopic (exact) mass is 393 g/mol. The number of nitrogens with zero attached hydrogens (tertiary/aromatic N) is 1. The Morgan fingerprint density at radius 1 is 1.28 bits per heavy atom. The number of hydrogen-bond acceptors (Lipinski definition) is 3. The van der Waals surface area contributed by atoms with Crippen LogP contribution in [0.1, 0.15) is 15.9 Å². The average Bonchev–Trinajstić information content (AvgIpc) is 3.12. The smallest absolute Gasteiger partial charge is 0.337 e. The summed E-state index contributed by atoms with van der Waals surface area (Å²) in [5.74, 6) is -0.279. The van der Waals surface area contributed by atoms with Crippen LogP contribution < -0.4 is 9.47 Å². The molecular weight excluding hydrogens is 373 g/mol. The van der Waals surface area contributed by atoms with Crippen LogP contribution in [0.3, 0.4) is 0 Å². The number of aromatic carboxylic acids is 1. The number of benzene rings is 2. The summed E-state index contributed by atoms with van der Waals surface area (Å²) >= 11 is 0. The lowest BCUT2D eigenvalue weighted by atomic mass is 9.97. The summed E-state index contributed by atoms with van der Waals surface area (Å²) in [6.45, 7) is 4.57. The van der Waals surface area contributed by atoms with Gasteiger partial charge >= 0.3 is 5.97 Å². The van der Waals surface area contributed by atoms with Crippen molar-refractivity contribution in [3.05, 3.63) is 72.1 Å². The lowest BCUT2D eigenvalue weighted by Crippen LogP contribution is -2.13. The molecule has 148 valence electrons. The molecule has 5 nitrogen and oxygen atoms in total. The van der Waals surface area contributed by atoms with Crippen LogP contribution in [0.2, 0.25) is 0 Å². The predicted octanol–water partition coefficient (Wildman–Crippen LogP) is 4.79. The molecule has 29 heavy (non-hydrogen) atoms. The largest absolute Gasteiger partial charge is 0.493 e. The molecule has 0 radical (unpaired) electrons. The first-order valence-electron chi connectivity index (χ1n) is 9.21. The Morgan fingerprint density at radius 3 is 2.79 bits per heavy atom. The van der Waals surface area contributed by atoms with Gasteiger partial charge in [0, 0.05) is 23.4 Å². The van der Waals surface area contributed by atoms with E-state index in [4.69, 9.17) is 9.47 Å². The highest BCUT2D eigenvalue weighted by Gasteiger charge is 2.27. The van der Waals surface area contributed by atoms with Crippen molar-refractivity contribution in [2.24, 2.45) is 0 Å². The molecule has 2 aromatic carbocycles. The Kier molecular flexibility index (Phi) is 4.84. The molecule has 0 unspecified atom stereocenters. The van der Waals surface area contributed by atoms with E-state index in [2.05, 4.69) is 6.58 Å². The van der Waals surface area contributed by atoms with Gasteiger partial charge in [-0.2, -0.15) is 0 Å². The maximum absolute atomic E-state index is 13.8. The van der Waals surface area contributed by atoms with Crippen molar-refractivity contribution in [3.63, 3.8) is 0 Å². The molecule has 4 rings (SSSR count). The number of carboxylic acids is 1. The third-order valence-electron chi connectivity index (χ3n) is 5.05. The fraction of sp³-hybridized carbons (Fsp3) is 0.174. The van der Waals surface area contributed by atoms with Gasteiger partial charge in [-0.3, -0.25) is 0 Å². The molecule has 1 aliphatic heterocycles. The Bertz CT molecular complexity index is 1120. The minimum atomic E-state index is -1.05. The molecule has 3 aromatic rings. The molecule has 1 aromatic heterocycles. The summed E-state index contributed by atoms with van der Waals surface area (Å²) in [4.78, 5) is 12.0. The standard InChI is InChI=1S/C23H20FNO4/c1-3-9-29-21-13-17-14(11-20(21)28-2)7-8-25-19(17)12-18(23(26)27)22(25)15-5-4-6-16(24)10-15/h3-6,10-13H,1,7-9H2,2H3,(H,26,27). The second kappa shape index (κ2) is 7.47. The highest BCUT2D eigenvalue weighted by molar-refractivity contribution is 5.98. The maximum Gasteiger partial charge on any atom is 0.337 e. The van der Waals surface area contributed by atoms with Gasteiger partial charge < -0.3 is 19.1 Å². The van der Waals surface area contributed by atoms with Crippen LogP contribution in [0.4, 0.5) is 4.39 Å². The topological polar surface area (TPSA) is 60.7 Å². The van der Waals surface area contributed by atoms with Crippen LogP contribution in [0.5, 0.6) is 11.5 Å². The van der Waals surface area contributed by atoms with E-state index in [1.54, 1.807) is 31.4 Å². The first-order chi connectivity index (χ1) is 14.0. The molecule has 0 spiro atoms. The van der Waals surface area contributed by atoms with Crippen molar-refractivity contribution in [1.82, 2.24) is 4.57 Å². The zero-order valence-electron chi connectivity index (χ0n) is 15.9. The van der Waals surface area contributed by atoms with Crippen LogP contribution in [-0.2, 0) is 13.0 Å². The van der Waals surface area contributed by atoms with Crippen molar-refractivity contribution in [1.29, 1.82) is 0 Å². The molecule has 1 N–H and O–H groups in total. The van der Waals surface area contributed by atoms with Gasteiger partial charge in [-0.15, -0.1) is 0 Å². The third kappa shape index (κ3) is 3.27. The Balaban J connectivity index is 1.93. The van der Waals surface area contributed by atoms with E-state index in [9.17, 15) is 14.3 Å². The molecule has 0 saturated carbocycles.